The van der Waals surface area contributed by atoms with Crippen LogP contribution in [0, 0.1) is 11.3 Å². The van der Waals surface area contributed by atoms with E-state index >= 15 is 0 Å². The number of nitrogens with one attached hydrogen (secondary N) is 1. The van der Waals surface area contributed by atoms with Gasteiger partial charge in [0.2, 0.25) is 0 Å². The van der Waals surface area contributed by atoms with E-state index in [2.05, 4.69) is 12.2 Å². The maximum Gasteiger partial charge on any atom is 0.317 e. The smallest absolute Gasteiger partial charge is 0.317 e. The Labute approximate surface area is 115 Å². The van der Waals surface area contributed by atoms with Crippen LogP contribution in [0.15, 0.2) is 0 Å². The van der Waals surface area contributed by atoms with E-state index in [1.165, 1.54) is 0 Å². The summed E-state index contributed by atoms with van der Waals surface area (Å²) in [6.07, 6.45) is 2.02. The minimum absolute atomic E-state index is 0.161. The van der Waals surface area contributed by atoms with Crippen LogP contribution in [0.1, 0.15) is 47.5 Å². The van der Waals surface area contributed by atoms with E-state index in [1.54, 1.807) is 32.6 Å². The number of piperidine rings is 1. The van der Waals surface area contributed by atoms with Crippen LogP contribution in [0.3, 0.4) is 0 Å². The molecule has 1 aliphatic heterocycles. The zero-order valence-corrected chi connectivity index (χ0v) is 12.6. The normalized spacial score (nSPS) is 18.3. The van der Waals surface area contributed by atoms with Crippen molar-refractivity contribution in [2.75, 3.05) is 13.1 Å². The van der Waals surface area contributed by atoms with E-state index in [4.69, 9.17) is 0 Å². The maximum absolute atomic E-state index is 12.2. The molecule has 0 aromatic rings. The Hall–Kier alpha value is -1.26. The lowest BCUT2D eigenvalue weighted by Crippen LogP contribution is -2.60. The van der Waals surface area contributed by atoms with Crippen molar-refractivity contribution in [1.29, 1.82) is 0 Å². The second kappa shape index (κ2) is 5.39. The highest BCUT2D eigenvalue weighted by Gasteiger charge is 2.45. The number of urea groups is 1. The zero-order chi connectivity index (χ0) is 14.8. The van der Waals surface area contributed by atoms with Crippen molar-refractivity contribution in [2.45, 2.75) is 53.0 Å². The monoisotopic (exact) mass is 270 g/mol. The number of hydrogen-bond donors (Lipinski definition) is 2. The summed E-state index contributed by atoms with van der Waals surface area (Å²) in [6.45, 7) is 10.5. The van der Waals surface area contributed by atoms with Crippen LogP contribution in [-0.2, 0) is 4.79 Å². The van der Waals surface area contributed by atoms with Crippen molar-refractivity contribution in [3.63, 3.8) is 0 Å². The van der Waals surface area contributed by atoms with Crippen molar-refractivity contribution < 1.29 is 14.7 Å². The van der Waals surface area contributed by atoms with E-state index in [-0.39, 0.29) is 6.03 Å². The van der Waals surface area contributed by atoms with Crippen LogP contribution in [0.4, 0.5) is 4.79 Å². The first kappa shape index (κ1) is 15.8. The standard InChI is InChI=1S/C14H26N2O3/c1-10-6-8-16(9-7-10)12(19)15-14(4,5)13(2,3)11(17)18/h10H,6-9H2,1-5H3,(H,15,19)(H,17,18). The number of hydrogen-bond acceptors (Lipinski definition) is 2. The molecule has 0 spiro atoms. The van der Waals surface area contributed by atoms with Gasteiger partial charge in [0.25, 0.3) is 0 Å². The molecule has 1 fully saturated rings. The molecule has 0 atom stereocenters. The van der Waals surface area contributed by atoms with Gasteiger partial charge in [-0.15, -0.1) is 0 Å². The topological polar surface area (TPSA) is 69.6 Å². The van der Waals surface area contributed by atoms with Crippen molar-refractivity contribution in [3.8, 4) is 0 Å². The molecule has 2 amide bonds. The van der Waals surface area contributed by atoms with Crippen molar-refractivity contribution in [1.82, 2.24) is 10.2 Å². The van der Waals surface area contributed by atoms with Gasteiger partial charge in [-0.2, -0.15) is 0 Å². The summed E-state index contributed by atoms with van der Waals surface area (Å²) >= 11 is 0. The van der Waals surface area contributed by atoms with Gasteiger partial charge in [0.05, 0.1) is 11.0 Å². The van der Waals surface area contributed by atoms with Crippen LogP contribution in [-0.4, -0.2) is 40.6 Å². The quantitative estimate of drug-likeness (QED) is 0.827. The van der Waals surface area contributed by atoms with E-state index in [0.29, 0.717) is 5.92 Å². The van der Waals surface area contributed by atoms with E-state index in [0.717, 1.165) is 25.9 Å². The molecule has 0 aromatic carbocycles. The fourth-order valence-electron chi connectivity index (χ4n) is 1.98. The van der Waals surface area contributed by atoms with Gasteiger partial charge in [-0.05, 0) is 46.5 Å². The molecule has 0 bridgehead atoms. The molecule has 0 radical (unpaired) electrons. The largest absolute Gasteiger partial charge is 0.481 e. The summed E-state index contributed by atoms with van der Waals surface area (Å²) in [5.74, 6) is -0.252. The lowest BCUT2D eigenvalue weighted by molar-refractivity contribution is -0.150. The molecule has 0 unspecified atom stereocenters. The lowest BCUT2D eigenvalue weighted by Gasteiger charge is -2.41. The summed E-state index contributed by atoms with van der Waals surface area (Å²) < 4.78 is 0. The zero-order valence-electron chi connectivity index (χ0n) is 12.6. The second-order valence-corrected chi connectivity index (χ2v) is 6.65. The fraction of sp³-hybridized carbons (Fsp3) is 0.857. The first-order valence-electron chi connectivity index (χ1n) is 6.88. The van der Waals surface area contributed by atoms with Gasteiger partial charge in [-0.3, -0.25) is 4.79 Å². The maximum atomic E-state index is 12.2. The predicted molar refractivity (Wildman–Crippen MR) is 74.0 cm³/mol. The molecule has 0 aliphatic carbocycles. The Morgan fingerprint density at radius 3 is 2.05 bits per heavy atom. The van der Waals surface area contributed by atoms with Gasteiger partial charge in [0.1, 0.15) is 0 Å². The van der Waals surface area contributed by atoms with Gasteiger partial charge in [-0.25, -0.2) is 4.79 Å². The minimum atomic E-state index is -1.02. The third-order valence-electron chi connectivity index (χ3n) is 4.59. The first-order valence-corrected chi connectivity index (χ1v) is 6.88. The Morgan fingerprint density at radius 1 is 1.16 bits per heavy atom. The number of carbonyl (C=O) groups excluding carboxylic acids is 1. The number of amides is 2. The van der Waals surface area contributed by atoms with Gasteiger partial charge < -0.3 is 15.3 Å². The molecule has 1 saturated heterocycles. The Kier molecular flexibility index (Phi) is 4.48. The first-order chi connectivity index (χ1) is 8.58. The number of aliphatic carboxylic acids is 1. The molecule has 1 rings (SSSR count). The van der Waals surface area contributed by atoms with E-state index in [9.17, 15) is 14.7 Å². The number of carboxylic acid groups (broad SMARTS) is 1. The van der Waals surface area contributed by atoms with Crippen LogP contribution in [0.2, 0.25) is 0 Å². The molecule has 0 saturated carbocycles. The van der Waals surface area contributed by atoms with E-state index in [1.807, 2.05) is 0 Å². The molecule has 0 aromatic heterocycles. The molecule has 1 aliphatic rings. The van der Waals surface area contributed by atoms with Crippen molar-refractivity contribution >= 4 is 12.0 Å². The summed E-state index contributed by atoms with van der Waals surface area (Å²) in [7, 11) is 0. The summed E-state index contributed by atoms with van der Waals surface area (Å²) in [5.41, 5.74) is -1.83. The lowest BCUT2D eigenvalue weighted by atomic mass is 9.74. The highest BCUT2D eigenvalue weighted by molar-refractivity contribution is 5.79. The average Bonchev–Trinajstić information content (AvgIpc) is 2.28. The van der Waals surface area contributed by atoms with Crippen LogP contribution >= 0.6 is 0 Å². The second-order valence-electron chi connectivity index (χ2n) is 6.65. The molecule has 19 heavy (non-hydrogen) atoms. The SMILES string of the molecule is CC1CCN(C(=O)NC(C)(C)C(C)(C)C(=O)O)CC1. The molecule has 1 heterocycles. The van der Waals surface area contributed by atoms with Crippen molar-refractivity contribution in [3.05, 3.63) is 0 Å². The van der Waals surface area contributed by atoms with Crippen LogP contribution in [0.5, 0.6) is 0 Å². The Balaban J connectivity index is 2.68. The predicted octanol–water partition coefficient (Wildman–Crippen LogP) is 2.32. The molecule has 2 N–H and O–H groups in total. The van der Waals surface area contributed by atoms with Crippen LogP contribution in [0.25, 0.3) is 0 Å². The number of carbonyl (C=O) groups is 2. The molecule has 5 nitrogen and oxygen atoms in total. The Bertz CT molecular complexity index is 356. The van der Waals surface area contributed by atoms with E-state index < -0.39 is 16.9 Å². The minimum Gasteiger partial charge on any atom is -0.481 e. The number of likely N-dealkylation sites (tertiary alicyclic amines) is 1. The number of nitrogens with zero attached hydrogens (tertiary/aromatic N) is 1. The average molecular weight is 270 g/mol. The summed E-state index contributed by atoms with van der Waals surface area (Å²) in [6, 6.07) is -0.161. The third-order valence-corrected chi connectivity index (χ3v) is 4.59. The highest BCUT2D eigenvalue weighted by Crippen LogP contribution is 2.31. The molecular weight excluding hydrogens is 244 g/mol. The Morgan fingerprint density at radius 2 is 1.63 bits per heavy atom. The number of carboxylic acids is 1. The third kappa shape index (κ3) is 3.39. The summed E-state index contributed by atoms with van der Waals surface area (Å²) in [5, 5.41) is 12.1. The highest BCUT2D eigenvalue weighted by atomic mass is 16.4. The molecular formula is C14H26N2O3. The van der Waals surface area contributed by atoms with Gasteiger partial charge >= 0.3 is 12.0 Å². The molecule has 110 valence electrons. The fourth-order valence-corrected chi connectivity index (χ4v) is 1.98. The van der Waals surface area contributed by atoms with Gasteiger partial charge in [0, 0.05) is 13.1 Å². The van der Waals surface area contributed by atoms with Gasteiger partial charge in [-0.1, -0.05) is 6.92 Å². The van der Waals surface area contributed by atoms with Crippen molar-refractivity contribution in [2.24, 2.45) is 11.3 Å². The van der Waals surface area contributed by atoms with Gasteiger partial charge in [0.15, 0.2) is 0 Å². The molecule has 5 heteroatoms. The number of rotatable bonds is 3. The summed E-state index contributed by atoms with van der Waals surface area (Å²) in [4.78, 5) is 25.3. The van der Waals surface area contributed by atoms with Crippen LogP contribution < -0.4 is 5.32 Å².